The zero-order valence-electron chi connectivity index (χ0n) is 6.50. The first kappa shape index (κ1) is 10.3. The van der Waals surface area contributed by atoms with Gasteiger partial charge in [-0.05, 0) is 34.1 Å². The van der Waals surface area contributed by atoms with Crippen molar-refractivity contribution in [3.8, 4) is 11.5 Å². The average Bonchev–Trinajstić information content (AvgIpc) is 2.02. The molecule has 11 heavy (non-hydrogen) atoms. The van der Waals surface area contributed by atoms with E-state index in [9.17, 15) is 0 Å². The highest BCUT2D eigenvalue weighted by Crippen LogP contribution is 2.26. The zero-order valence-corrected chi connectivity index (χ0v) is 8.09. The summed E-state index contributed by atoms with van der Waals surface area (Å²) in [6.07, 6.45) is 0. The third-order valence-electron chi connectivity index (χ3n) is 0.931. The van der Waals surface area contributed by atoms with Crippen LogP contribution in [0.3, 0.4) is 0 Å². The van der Waals surface area contributed by atoms with Crippen LogP contribution in [-0.2, 0) is 0 Å². The van der Waals surface area contributed by atoms with Gasteiger partial charge in [-0.15, -0.1) is 0 Å². The molecule has 1 aromatic carbocycles. The Morgan fingerprint density at radius 1 is 1.18 bits per heavy atom. The molecule has 0 bridgehead atoms. The zero-order chi connectivity index (χ0) is 8.85. The van der Waals surface area contributed by atoms with Crippen molar-refractivity contribution < 1.29 is 10.2 Å². The molecular formula is C8H11BrO2. The maximum Gasteiger partial charge on any atom is 0.130 e. The summed E-state index contributed by atoms with van der Waals surface area (Å²) in [4.78, 5) is 0. The molecule has 1 rings (SSSR count). The van der Waals surface area contributed by atoms with E-state index < -0.39 is 0 Å². The minimum atomic E-state index is 0.132. The molecule has 0 fully saturated rings. The Morgan fingerprint density at radius 3 is 2.09 bits per heavy atom. The van der Waals surface area contributed by atoms with E-state index in [1.807, 2.05) is 13.8 Å². The highest BCUT2D eigenvalue weighted by Gasteiger charge is 1.95. The van der Waals surface area contributed by atoms with E-state index in [1.165, 1.54) is 18.2 Å². The normalized spacial score (nSPS) is 8.27. The fraction of sp³-hybridized carbons (Fsp3) is 0.250. The molecule has 0 aliphatic carbocycles. The molecule has 0 saturated carbocycles. The van der Waals surface area contributed by atoms with Crippen molar-refractivity contribution in [2.45, 2.75) is 13.8 Å². The summed E-state index contributed by atoms with van der Waals surface area (Å²) >= 11 is 3.04. The molecule has 2 nitrogen and oxygen atoms in total. The number of benzene rings is 1. The van der Waals surface area contributed by atoms with E-state index in [0.717, 1.165) is 0 Å². The van der Waals surface area contributed by atoms with Gasteiger partial charge < -0.3 is 10.2 Å². The summed E-state index contributed by atoms with van der Waals surface area (Å²) in [5, 5.41) is 17.7. The van der Waals surface area contributed by atoms with Crippen molar-refractivity contribution in [2.75, 3.05) is 0 Å². The first-order valence-corrected chi connectivity index (χ1v) is 4.17. The van der Waals surface area contributed by atoms with Crippen molar-refractivity contribution >= 4 is 15.9 Å². The van der Waals surface area contributed by atoms with Gasteiger partial charge in [0.1, 0.15) is 11.5 Å². The molecule has 0 spiro atoms. The average molecular weight is 219 g/mol. The minimum absolute atomic E-state index is 0.132. The molecule has 0 aliphatic heterocycles. The summed E-state index contributed by atoms with van der Waals surface area (Å²) in [5.74, 6) is 0.271. The summed E-state index contributed by atoms with van der Waals surface area (Å²) in [5.41, 5.74) is 0. The van der Waals surface area contributed by atoms with Gasteiger partial charge in [0.15, 0.2) is 0 Å². The first-order valence-electron chi connectivity index (χ1n) is 3.37. The third-order valence-corrected chi connectivity index (χ3v) is 1.57. The number of rotatable bonds is 0. The fourth-order valence-electron chi connectivity index (χ4n) is 0.496. The second-order valence-corrected chi connectivity index (χ2v) is 2.49. The molecule has 0 heterocycles. The minimum Gasteiger partial charge on any atom is -0.508 e. The molecular weight excluding hydrogens is 208 g/mol. The van der Waals surface area contributed by atoms with Gasteiger partial charge in [-0.2, -0.15) is 0 Å². The largest absolute Gasteiger partial charge is 0.508 e. The maximum absolute atomic E-state index is 8.89. The Balaban J connectivity index is 0.000000461. The van der Waals surface area contributed by atoms with Gasteiger partial charge >= 0.3 is 0 Å². The van der Waals surface area contributed by atoms with Crippen LogP contribution < -0.4 is 0 Å². The van der Waals surface area contributed by atoms with Gasteiger partial charge in [0.25, 0.3) is 0 Å². The van der Waals surface area contributed by atoms with Crippen LogP contribution in [-0.4, -0.2) is 10.2 Å². The Hall–Kier alpha value is -0.700. The standard InChI is InChI=1S/C6H5BrO2.C2H6/c7-5-3-4(8)1-2-6(5)9;1-2/h1-3,8-9H;1-2H3. The molecule has 0 atom stereocenters. The second kappa shape index (κ2) is 5.02. The van der Waals surface area contributed by atoms with Crippen LogP contribution >= 0.6 is 15.9 Å². The van der Waals surface area contributed by atoms with Crippen molar-refractivity contribution in [3.05, 3.63) is 22.7 Å². The fourth-order valence-corrected chi connectivity index (χ4v) is 0.863. The number of phenolic OH excluding ortho intramolecular Hbond substituents is 2. The number of hydrogen-bond acceptors (Lipinski definition) is 2. The number of hydrogen-bond donors (Lipinski definition) is 2. The molecule has 2 N–H and O–H groups in total. The topological polar surface area (TPSA) is 40.5 Å². The molecule has 3 heteroatoms. The van der Waals surface area contributed by atoms with Crippen molar-refractivity contribution in [1.29, 1.82) is 0 Å². The molecule has 0 saturated heterocycles. The van der Waals surface area contributed by atoms with Crippen molar-refractivity contribution in [2.24, 2.45) is 0 Å². The lowest BCUT2D eigenvalue weighted by atomic mass is 10.3. The summed E-state index contributed by atoms with van der Waals surface area (Å²) in [6.45, 7) is 4.00. The third kappa shape index (κ3) is 3.28. The predicted molar refractivity (Wildman–Crippen MR) is 48.8 cm³/mol. The quantitative estimate of drug-likeness (QED) is 0.658. The van der Waals surface area contributed by atoms with Gasteiger partial charge in [-0.25, -0.2) is 0 Å². The maximum atomic E-state index is 8.89. The molecule has 0 aromatic heterocycles. The molecule has 62 valence electrons. The van der Waals surface area contributed by atoms with E-state index in [2.05, 4.69) is 15.9 Å². The molecule has 0 radical (unpaired) electrons. The van der Waals surface area contributed by atoms with Crippen molar-refractivity contribution in [1.82, 2.24) is 0 Å². The van der Waals surface area contributed by atoms with Gasteiger partial charge in [0.05, 0.1) is 4.47 Å². The van der Waals surface area contributed by atoms with Crippen LogP contribution in [0, 0.1) is 0 Å². The van der Waals surface area contributed by atoms with E-state index in [-0.39, 0.29) is 11.5 Å². The lowest BCUT2D eigenvalue weighted by Gasteiger charge is -1.94. The lowest BCUT2D eigenvalue weighted by Crippen LogP contribution is -1.66. The van der Waals surface area contributed by atoms with E-state index in [0.29, 0.717) is 4.47 Å². The lowest BCUT2D eigenvalue weighted by molar-refractivity contribution is 0.457. The van der Waals surface area contributed by atoms with Crippen LogP contribution in [0.4, 0.5) is 0 Å². The van der Waals surface area contributed by atoms with E-state index in [4.69, 9.17) is 10.2 Å². The Kier molecular flexibility index (Phi) is 4.70. The van der Waals surface area contributed by atoms with Crippen LogP contribution in [0.15, 0.2) is 22.7 Å². The Labute approximate surface area is 74.6 Å². The molecule has 1 aromatic rings. The van der Waals surface area contributed by atoms with Gasteiger partial charge in [0, 0.05) is 0 Å². The summed E-state index contributed by atoms with van der Waals surface area (Å²) in [7, 11) is 0. The van der Waals surface area contributed by atoms with Gasteiger partial charge in [0.2, 0.25) is 0 Å². The number of aromatic hydroxyl groups is 2. The van der Waals surface area contributed by atoms with Crippen LogP contribution in [0.5, 0.6) is 11.5 Å². The van der Waals surface area contributed by atoms with Gasteiger partial charge in [-0.1, -0.05) is 13.8 Å². The summed E-state index contributed by atoms with van der Waals surface area (Å²) in [6, 6.07) is 4.26. The Morgan fingerprint density at radius 2 is 1.73 bits per heavy atom. The molecule has 0 unspecified atom stereocenters. The van der Waals surface area contributed by atoms with Crippen LogP contribution in [0.1, 0.15) is 13.8 Å². The highest BCUT2D eigenvalue weighted by molar-refractivity contribution is 9.10. The monoisotopic (exact) mass is 218 g/mol. The summed E-state index contributed by atoms with van der Waals surface area (Å²) < 4.78 is 0.502. The highest BCUT2D eigenvalue weighted by atomic mass is 79.9. The SMILES string of the molecule is CC.Oc1ccc(O)c(Br)c1. The number of halogens is 1. The molecule has 0 aliphatic rings. The van der Waals surface area contributed by atoms with E-state index >= 15 is 0 Å². The van der Waals surface area contributed by atoms with Crippen molar-refractivity contribution in [3.63, 3.8) is 0 Å². The van der Waals surface area contributed by atoms with E-state index in [1.54, 1.807) is 0 Å². The second-order valence-electron chi connectivity index (χ2n) is 1.64. The molecule has 0 amide bonds. The van der Waals surface area contributed by atoms with Crippen LogP contribution in [0.2, 0.25) is 0 Å². The van der Waals surface area contributed by atoms with Crippen LogP contribution in [0.25, 0.3) is 0 Å². The smallest absolute Gasteiger partial charge is 0.130 e. The predicted octanol–water partition coefficient (Wildman–Crippen LogP) is 2.89. The Bertz CT molecular complexity index is 223. The number of phenols is 2. The first-order chi connectivity index (χ1) is 5.20. The van der Waals surface area contributed by atoms with Gasteiger partial charge in [-0.3, -0.25) is 0 Å².